The Morgan fingerprint density at radius 1 is 1.17 bits per heavy atom. The summed E-state index contributed by atoms with van der Waals surface area (Å²) in [5.41, 5.74) is 0.376. The molecule has 0 spiro atoms. The number of thioether (sulfide) groups is 1. The fourth-order valence-electron chi connectivity index (χ4n) is 2.48. The van der Waals surface area contributed by atoms with E-state index in [1.54, 1.807) is 24.3 Å². The minimum Gasteiger partial charge on any atom is -0.457 e. The van der Waals surface area contributed by atoms with Crippen molar-refractivity contribution in [3.63, 3.8) is 0 Å². The van der Waals surface area contributed by atoms with Crippen LogP contribution in [-0.2, 0) is 4.79 Å². The van der Waals surface area contributed by atoms with E-state index in [1.807, 2.05) is 0 Å². The maximum Gasteiger partial charge on any atom is 0.441 e. The smallest absolute Gasteiger partial charge is 0.441 e. The van der Waals surface area contributed by atoms with Crippen molar-refractivity contribution in [2.24, 2.45) is 10.1 Å². The molecule has 0 saturated heterocycles. The van der Waals surface area contributed by atoms with Crippen molar-refractivity contribution in [1.29, 1.82) is 5.41 Å². The summed E-state index contributed by atoms with van der Waals surface area (Å²) in [7, 11) is 0. The molecule has 2 aliphatic rings. The highest BCUT2D eigenvalue weighted by atomic mass is 35.5. The van der Waals surface area contributed by atoms with Crippen molar-refractivity contribution >= 4 is 63.0 Å². The molecule has 4 rings (SSSR count). The van der Waals surface area contributed by atoms with Crippen LogP contribution in [0.15, 0.2) is 50.4 Å². The van der Waals surface area contributed by atoms with Crippen LogP contribution in [0, 0.1) is 5.41 Å². The van der Waals surface area contributed by atoms with Gasteiger partial charge >= 0.3 is 6.18 Å². The van der Waals surface area contributed by atoms with Gasteiger partial charge in [0.15, 0.2) is 5.84 Å². The van der Waals surface area contributed by atoms with Gasteiger partial charge in [0.1, 0.15) is 11.5 Å². The lowest BCUT2D eigenvalue weighted by atomic mass is 10.1. The number of benzene rings is 1. The van der Waals surface area contributed by atoms with Crippen molar-refractivity contribution < 1.29 is 22.4 Å². The number of nitrogens with zero attached hydrogens (tertiary/aromatic N) is 3. The predicted octanol–water partition coefficient (Wildman–Crippen LogP) is 5.43. The number of fused-ring (bicyclic) bond motifs is 1. The van der Waals surface area contributed by atoms with Gasteiger partial charge in [-0.1, -0.05) is 23.2 Å². The lowest BCUT2D eigenvalue weighted by Gasteiger charge is -2.19. The van der Waals surface area contributed by atoms with Crippen LogP contribution in [0.5, 0.6) is 0 Å². The summed E-state index contributed by atoms with van der Waals surface area (Å²) >= 11 is 12.1. The van der Waals surface area contributed by atoms with Gasteiger partial charge in [0.05, 0.1) is 15.6 Å². The van der Waals surface area contributed by atoms with Crippen molar-refractivity contribution in [3.05, 3.63) is 51.7 Å². The molecule has 12 heteroatoms. The molecule has 148 valence electrons. The molecule has 6 nitrogen and oxygen atoms in total. The number of amides is 1. The first-order chi connectivity index (χ1) is 13.6. The lowest BCUT2D eigenvalue weighted by Crippen LogP contribution is -2.35. The Balaban J connectivity index is 1.65. The van der Waals surface area contributed by atoms with Crippen LogP contribution in [0.4, 0.5) is 13.2 Å². The monoisotopic (exact) mass is 458 g/mol. The Kier molecular flexibility index (Phi) is 4.80. The first kappa shape index (κ1) is 19.7. The minimum absolute atomic E-state index is 0.187. The number of amidine groups is 2. The van der Waals surface area contributed by atoms with E-state index in [1.165, 1.54) is 12.1 Å². The van der Waals surface area contributed by atoms with Gasteiger partial charge in [-0.3, -0.25) is 10.2 Å². The van der Waals surface area contributed by atoms with Gasteiger partial charge < -0.3 is 4.42 Å². The maximum atomic E-state index is 12.9. The van der Waals surface area contributed by atoms with Crippen molar-refractivity contribution in [2.75, 3.05) is 0 Å². The summed E-state index contributed by atoms with van der Waals surface area (Å²) in [6, 6.07) is 8.02. The van der Waals surface area contributed by atoms with E-state index in [2.05, 4.69) is 10.1 Å². The van der Waals surface area contributed by atoms with Crippen molar-refractivity contribution in [2.45, 2.75) is 6.18 Å². The molecule has 0 unspecified atom stereocenters. The van der Waals surface area contributed by atoms with Gasteiger partial charge in [-0.05, 0) is 48.2 Å². The van der Waals surface area contributed by atoms with Crippen LogP contribution in [0.25, 0.3) is 17.4 Å². The Labute approximate surface area is 175 Å². The molecule has 2 aliphatic heterocycles. The van der Waals surface area contributed by atoms with Crippen molar-refractivity contribution in [1.82, 2.24) is 5.01 Å². The molecular formula is C17H7Cl2F3N4O2S. The number of alkyl halides is 3. The topological polar surface area (TPSA) is 82.0 Å². The average Bonchev–Trinajstić information content (AvgIpc) is 3.28. The number of halogens is 5. The van der Waals surface area contributed by atoms with Gasteiger partial charge in [-0.2, -0.15) is 28.3 Å². The summed E-state index contributed by atoms with van der Waals surface area (Å²) in [5.74, 6) is -0.771. The van der Waals surface area contributed by atoms with E-state index in [0.717, 1.165) is 0 Å². The molecule has 1 amide bonds. The molecule has 0 fully saturated rings. The predicted molar refractivity (Wildman–Crippen MR) is 105 cm³/mol. The summed E-state index contributed by atoms with van der Waals surface area (Å²) in [6.07, 6.45) is -3.48. The Morgan fingerprint density at radius 3 is 2.62 bits per heavy atom. The first-order valence-corrected chi connectivity index (χ1v) is 9.33. The van der Waals surface area contributed by atoms with Crippen LogP contribution >= 0.6 is 35.0 Å². The average molecular weight is 459 g/mol. The molecule has 29 heavy (non-hydrogen) atoms. The third kappa shape index (κ3) is 3.70. The fraction of sp³-hybridized carbons (Fsp3) is 0.0588. The second-order valence-electron chi connectivity index (χ2n) is 5.75. The second kappa shape index (κ2) is 7.05. The highest BCUT2D eigenvalue weighted by molar-refractivity contribution is 8.27. The fourth-order valence-corrected chi connectivity index (χ4v) is 3.54. The van der Waals surface area contributed by atoms with E-state index in [-0.39, 0.29) is 28.3 Å². The lowest BCUT2D eigenvalue weighted by molar-refractivity contribution is -0.114. The van der Waals surface area contributed by atoms with E-state index in [9.17, 15) is 18.0 Å². The number of hydrazone groups is 1. The zero-order chi connectivity index (χ0) is 20.9. The van der Waals surface area contributed by atoms with Gasteiger partial charge in [-0.15, -0.1) is 0 Å². The largest absolute Gasteiger partial charge is 0.457 e. The third-order valence-corrected chi connectivity index (χ3v) is 5.51. The van der Waals surface area contributed by atoms with E-state index < -0.39 is 23.0 Å². The summed E-state index contributed by atoms with van der Waals surface area (Å²) in [4.78, 5) is 15.8. The standard InChI is InChI=1S/C17H7Cl2F3N4O2S/c18-10-3-1-7(5-11(10)19)12-4-2-8(28-12)6-9-13(23)26-16(24-14(9)27)29-15(25-26)17(20,21)22/h1-6,23H/b9-6+,23-13?. The number of nitrogens with one attached hydrogen (secondary N) is 1. The second-order valence-corrected chi connectivity index (χ2v) is 7.52. The van der Waals surface area contributed by atoms with Gasteiger partial charge in [-0.25, -0.2) is 0 Å². The van der Waals surface area contributed by atoms with Crippen LogP contribution in [0.3, 0.4) is 0 Å². The molecule has 0 aliphatic carbocycles. The maximum absolute atomic E-state index is 12.9. The summed E-state index contributed by atoms with van der Waals surface area (Å²) in [6.45, 7) is 0. The van der Waals surface area contributed by atoms with Crippen LogP contribution in [0.2, 0.25) is 10.0 Å². The van der Waals surface area contributed by atoms with E-state index >= 15 is 0 Å². The molecule has 0 bridgehead atoms. The number of carbonyl (C=O) groups is 1. The number of hydrogen-bond acceptors (Lipinski definition) is 5. The van der Waals surface area contributed by atoms with Crippen LogP contribution in [-0.4, -0.2) is 33.1 Å². The zero-order valence-corrected chi connectivity index (χ0v) is 16.2. The molecule has 0 radical (unpaired) electrons. The highest BCUT2D eigenvalue weighted by Crippen LogP contribution is 2.36. The molecule has 2 aromatic rings. The van der Waals surface area contributed by atoms with Crippen LogP contribution < -0.4 is 0 Å². The SMILES string of the molecule is N=C1/C(=C\c2ccc(-c3ccc(Cl)c(Cl)c3)o2)C(=O)N=C2SC(C(F)(F)F)=NN12. The molecule has 1 aromatic carbocycles. The Hall–Kier alpha value is -2.56. The number of carbonyl (C=O) groups excluding carboxylic acids is 1. The summed E-state index contributed by atoms with van der Waals surface area (Å²) < 4.78 is 44.2. The van der Waals surface area contributed by atoms with Gasteiger partial charge in [0.25, 0.3) is 5.91 Å². The Morgan fingerprint density at radius 2 is 1.93 bits per heavy atom. The molecule has 1 aromatic heterocycles. The molecular weight excluding hydrogens is 452 g/mol. The number of rotatable bonds is 2. The summed E-state index contributed by atoms with van der Waals surface area (Å²) in [5, 5.41) is 11.3. The highest BCUT2D eigenvalue weighted by Gasteiger charge is 2.46. The number of aliphatic imine (C=N–C) groups is 1. The molecule has 0 atom stereocenters. The number of hydrogen-bond donors (Lipinski definition) is 1. The van der Waals surface area contributed by atoms with Crippen LogP contribution in [0.1, 0.15) is 5.76 Å². The van der Waals surface area contributed by atoms with E-state index in [0.29, 0.717) is 26.4 Å². The quantitative estimate of drug-likeness (QED) is 0.607. The number of furan rings is 1. The first-order valence-electron chi connectivity index (χ1n) is 7.76. The van der Waals surface area contributed by atoms with Gasteiger partial charge in [0, 0.05) is 5.56 Å². The molecule has 0 saturated carbocycles. The molecule has 3 heterocycles. The Bertz CT molecular complexity index is 1150. The zero-order valence-electron chi connectivity index (χ0n) is 13.9. The minimum atomic E-state index is -4.70. The van der Waals surface area contributed by atoms with Gasteiger partial charge in [0.2, 0.25) is 10.2 Å². The van der Waals surface area contributed by atoms with E-state index in [4.69, 9.17) is 33.0 Å². The van der Waals surface area contributed by atoms with Crippen molar-refractivity contribution in [3.8, 4) is 11.3 Å². The molecule has 1 N–H and O–H groups in total. The third-order valence-electron chi connectivity index (χ3n) is 3.81. The normalized spacial score (nSPS) is 18.2.